The minimum absolute atomic E-state index is 0.00441. The van der Waals surface area contributed by atoms with Crippen molar-refractivity contribution >= 4 is 35.2 Å². The number of fused-ring (bicyclic) bond motifs is 1. The largest absolute Gasteiger partial charge is 0.355 e. The molecule has 0 saturated carbocycles. The highest BCUT2D eigenvalue weighted by Gasteiger charge is 2.30. The molecule has 4 rings (SSSR count). The van der Waals surface area contributed by atoms with Gasteiger partial charge in [0.15, 0.2) is 24.1 Å². The third kappa shape index (κ3) is 3.20. The summed E-state index contributed by atoms with van der Waals surface area (Å²) in [5, 5.41) is 6.89. The van der Waals surface area contributed by atoms with Crippen LogP contribution in [-0.2, 0) is 4.79 Å². The molecule has 26 heavy (non-hydrogen) atoms. The monoisotopic (exact) mass is 372 g/mol. The highest BCUT2D eigenvalue weighted by molar-refractivity contribution is 6.30. The molecular weight excluding hydrogens is 352 g/mol. The number of anilines is 3. The molecular formula is C18H21ClN6O. The predicted molar refractivity (Wildman–Crippen MR) is 102 cm³/mol. The van der Waals surface area contributed by atoms with E-state index in [-0.39, 0.29) is 6.04 Å². The van der Waals surface area contributed by atoms with Crippen molar-refractivity contribution in [2.75, 3.05) is 28.6 Å². The Hall–Kier alpha value is -2.38. The Morgan fingerprint density at radius 3 is 2.62 bits per heavy atom. The van der Waals surface area contributed by atoms with Gasteiger partial charge in [0.05, 0.1) is 0 Å². The van der Waals surface area contributed by atoms with Crippen LogP contribution in [0.15, 0.2) is 30.6 Å². The lowest BCUT2D eigenvalue weighted by atomic mass is 9.86. The Kier molecular flexibility index (Phi) is 4.65. The zero-order valence-corrected chi connectivity index (χ0v) is 15.0. The average Bonchev–Trinajstić information content (AvgIpc) is 3.11. The Morgan fingerprint density at radius 1 is 1.19 bits per heavy atom. The van der Waals surface area contributed by atoms with E-state index < -0.39 is 6.17 Å². The van der Waals surface area contributed by atoms with Gasteiger partial charge in [-0.3, -0.25) is 4.79 Å². The topological polar surface area (TPSA) is 96.2 Å². The summed E-state index contributed by atoms with van der Waals surface area (Å²) in [6.07, 6.45) is 3.86. The minimum atomic E-state index is -0.448. The van der Waals surface area contributed by atoms with Crippen LogP contribution in [0, 0.1) is 5.92 Å². The number of benzene rings is 1. The van der Waals surface area contributed by atoms with Crippen LogP contribution < -0.4 is 21.3 Å². The third-order valence-corrected chi connectivity index (χ3v) is 5.41. The molecule has 3 heterocycles. The van der Waals surface area contributed by atoms with Gasteiger partial charge in [-0.1, -0.05) is 23.7 Å². The second kappa shape index (κ2) is 7.09. The number of carbonyl (C=O) groups is 1. The highest BCUT2D eigenvalue weighted by atomic mass is 35.5. The molecule has 0 amide bonds. The molecule has 0 spiro atoms. The van der Waals surface area contributed by atoms with Crippen LogP contribution in [0.5, 0.6) is 0 Å². The SMILES string of the molecule is NC(c1ccc(Cl)cc1)C1CCN(c2ncnc3c2NC(C=O)N3)CC1. The van der Waals surface area contributed by atoms with Crippen LogP contribution in [-0.4, -0.2) is 35.5 Å². The lowest BCUT2D eigenvalue weighted by molar-refractivity contribution is -0.107. The minimum Gasteiger partial charge on any atom is -0.355 e. The molecule has 8 heteroatoms. The Morgan fingerprint density at radius 2 is 1.92 bits per heavy atom. The number of rotatable bonds is 4. The number of aromatic nitrogens is 2. The molecule has 1 saturated heterocycles. The zero-order valence-electron chi connectivity index (χ0n) is 14.2. The summed E-state index contributed by atoms with van der Waals surface area (Å²) in [5.41, 5.74) is 8.40. The van der Waals surface area contributed by atoms with E-state index in [0.717, 1.165) is 54.3 Å². The van der Waals surface area contributed by atoms with Crippen molar-refractivity contribution in [1.82, 2.24) is 9.97 Å². The Bertz CT molecular complexity index is 791. The maximum atomic E-state index is 11.0. The molecule has 0 aliphatic carbocycles. The maximum absolute atomic E-state index is 11.0. The predicted octanol–water partition coefficient (Wildman–Crippen LogP) is 2.41. The van der Waals surface area contributed by atoms with Crippen LogP contribution in [0.3, 0.4) is 0 Å². The van der Waals surface area contributed by atoms with Crippen LogP contribution in [0.25, 0.3) is 0 Å². The van der Waals surface area contributed by atoms with Gasteiger partial charge in [-0.2, -0.15) is 0 Å². The summed E-state index contributed by atoms with van der Waals surface area (Å²) in [6.45, 7) is 1.73. The van der Waals surface area contributed by atoms with Crippen molar-refractivity contribution in [2.24, 2.45) is 11.7 Å². The normalized spacial score (nSPS) is 20.8. The molecule has 136 valence electrons. The maximum Gasteiger partial charge on any atom is 0.162 e. The molecule has 4 N–H and O–H groups in total. The molecule has 2 unspecified atom stereocenters. The summed E-state index contributed by atoms with van der Waals surface area (Å²) in [7, 11) is 0. The Balaban J connectivity index is 1.44. The average molecular weight is 373 g/mol. The quantitative estimate of drug-likeness (QED) is 0.709. The van der Waals surface area contributed by atoms with E-state index in [2.05, 4.69) is 25.5 Å². The van der Waals surface area contributed by atoms with Crippen LogP contribution in [0.2, 0.25) is 5.02 Å². The standard InChI is InChI=1S/C18H21ClN6O/c19-13-3-1-11(2-4-13)15(20)12-5-7-25(8-6-12)18-16-17(21-10-22-18)24-14(9-26)23-16/h1-4,9-10,12,14-15,23H,5-8,20H2,(H,21,22,24). The van der Waals surface area contributed by atoms with E-state index in [1.807, 2.05) is 24.3 Å². The fourth-order valence-electron chi connectivity index (χ4n) is 3.69. The molecule has 2 aliphatic heterocycles. The van der Waals surface area contributed by atoms with Crippen LogP contribution >= 0.6 is 11.6 Å². The summed E-state index contributed by atoms with van der Waals surface area (Å²) in [6, 6.07) is 7.79. The molecule has 1 aromatic carbocycles. The first-order valence-electron chi connectivity index (χ1n) is 8.75. The molecule has 0 radical (unpaired) electrons. The number of carbonyl (C=O) groups excluding carboxylic acids is 1. The van der Waals surface area contributed by atoms with Gasteiger partial charge in [0.25, 0.3) is 0 Å². The van der Waals surface area contributed by atoms with Gasteiger partial charge < -0.3 is 21.3 Å². The number of nitrogens with zero attached hydrogens (tertiary/aromatic N) is 3. The van der Waals surface area contributed by atoms with Gasteiger partial charge in [0.1, 0.15) is 12.0 Å². The number of nitrogens with one attached hydrogen (secondary N) is 2. The fourth-order valence-corrected chi connectivity index (χ4v) is 3.82. The molecule has 2 aromatic rings. The number of halogens is 1. The van der Waals surface area contributed by atoms with E-state index in [1.165, 1.54) is 6.33 Å². The van der Waals surface area contributed by atoms with Crippen molar-refractivity contribution < 1.29 is 4.79 Å². The van der Waals surface area contributed by atoms with Gasteiger partial charge in [-0.05, 0) is 36.5 Å². The number of aldehydes is 1. The summed E-state index contributed by atoms with van der Waals surface area (Å²) in [4.78, 5) is 21.9. The van der Waals surface area contributed by atoms with Gasteiger partial charge in [0.2, 0.25) is 0 Å². The lowest BCUT2D eigenvalue weighted by Crippen LogP contribution is -2.38. The first-order chi connectivity index (χ1) is 12.7. The smallest absolute Gasteiger partial charge is 0.162 e. The Labute approximate surface area is 156 Å². The molecule has 7 nitrogen and oxygen atoms in total. The first-order valence-corrected chi connectivity index (χ1v) is 9.13. The first kappa shape index (κ1) is 17.1. The molecule has 2 atom stereocenters. The van der Waals surface area contributed by atoms with E-state index >= 15 is 0 Å². The van der Waals surface area contributed by atoms with Gasteiger partial charge in [-0.15, -0.1) is 0 Å². The molecule has 1 aromatic heterocycles. The highest BCUT2D eigenvalue weighted by Crippen LogP contribution is 2.37. The van der Waals surface area contributed by atoms with E-state index in [1.54, 1.807) is 0 Å². The van der Waals surface area contributed by atoms with Crippen molar-refractivity contribution in [2.45, 2.75) is 25.0 Å². The van der Waals surface area contributed by atoms with Gasteiger partial charge >= 0.3 is 0 Å². The molecule has 2 aliphatic rings. The van der Waals surface area contributed by atoms with E-state index in [9.17, 15) is 4.79 Å². The molecule has 1 fully saturated rings. The zero-order chi connectivity index (χ0) is 18.1. The van der Waals surface area contributed by atoms with Crippen LogP contribution in [0.1, 0.15) is 24.4 Å². The summed E-state index contributed by atoms with van der Waals surface area (Å²) < 4.78 is 0. The summed E-state index contributed by atoms with van der Waals surface area (Å²) in [5.74, 6) is 1.92. The summed E-state index contributed by atoms with van der Waals surface area (Å²) >= 11 is 5.96. The lowest BCUT2D eigenvalue weighted by Gasteiger charge is -2.36. The fraction of sp³-hybridized carbons (Fsp3) is 0.389. The number of piperidine rings is 1. The second-order valence-electron chi connectivity index (χ2n) is 6.73. The van der Waals surface area contributed by atoms with Gasteiger partial charge in [-0.25, -0.2) is 9.97 Å². The van der Waals surface area contributed by atoms with Crippen molar-refractivity contribution in [3.05, 3.63) is 41.2 Å². The van der Waals surface area contributed by atoms with Crippen molar-refractivity contribution in [3.8, 4) is 0 Å². The van der Waals surface area contributed by atoms with Crippen LogP contribution in [0.4, 0.5) is 17.3 Å². The van der Waals surface area contributed by atoms with E-state index in [0.29, 0.717) is 11.7 Å². The number of hydrogen-bond donors (Lipinski definition) is 3. The van der Waals surface area contributed by atoms with Gasteiger partial charge in [0, 0.05) is 24.2 Å². The molecule has 0 bridgehead atoms. The van der Waals surface area contributed by atoms with Crippen molar-refractivity contribution in [1.29, 1.82) is 0 Å². The third-order valence-electron chi connectivity index (χ3n) is 5.16. The van der Waals surface area contributed by atoms with E-state index in [4.69, 9.17) is 17.3 Å². The number of nitrogens with two attached hydrogens (primary N) is 1. The van der Waals surface area contributed by atoms with Crippen molar-refractivity contribution in [3.63, 3.8) is 0 Å². The number of hydrogen-bond acceptors (Lipinski definition) is 7. The second-order valence-corrected chi connectivity index (χ2v) is 7.16.